The first-order valence-electron chi connectivity index (χ1n) is 5.36. The van der Waals surface area contributed by atoms with Crippen molar-refractivity contribution in [1.82, 2.24) is 0 Å². The van der Waals surface area contributed by atoms with E-state index in [1.807, 2.05) is 24.3 Å². The van der Waals surface area contributed by atoms with Crippen LogP contribution in [0.5, 0.6) is 0 Å². The van der Waals surface area contributed by atoms with Crippen molar-refractivity contribution in [1.29, 1.82) is 0 Å². The summed E-state index contributed by atoms with van der Waals surface area (Å²) in [7, 11) is 1.68. The molecule has 0 aliphatic carbocycles. The van der Waals surface area contributed by atoms with Gasteiger partial charge in [-0.15, -0.1) is 12.3 Å². The monoisotopic (exact) mass is 248 g/mol. The number of ether oxygens (including phenoxy) is 2. The van der Waals surface area contributed by atoms with Gasteiger partial charge in [0.2, 0.25) is 0 Å². The Morgan fingerprint density at radius 3 is 1.94 bits per heavy atom. The Kier molecular flexibility index (Phi) is 12.4. The molecular weight excluding hydrogens is 224 g/mol. The van der Waals surface area contributed by atoms with E-state index in [1.165, 1.54) is 0 Å². The van der Waals surface area contributed by atoms with Crippen molar-refractivity contribution in [2.45, 2.75) is 20.5 Å². The Morgan fingerprint density at radius 1 is 1.39 bits per heavy atom. The molecule has 2 heteroatoms. The lowest BCUT2D eigenvalue weighted by atomic mass is 10.3. The zero-order chi connectivity index (χ0) is 13.1. The maximum Gasteiger partial charge on any atom is 0.104 e. The Labute approximate surface area is 111 Å². The van der Waals surface area contributed by atoms with E-state index in [1.54, 1.807) is 14.0 Å². The summed E-state index contributed by atoms with van der Waals surface area (Å²) in [6.45, 7) is 10.8. The molecule has 1 heterocycles. The van der Waals surface area contributed by atoms with Crippen LogP contribution in [-0.4, -0.2) is 26.4 Å². The molecule has 1 atom stereocenters. The molecule has 0 radical (unpaired) electrons. The molecule has 1 saturated heterocycles. The van der Waals surface area contributed by atoms with Crippen molar-refractivity contribution in [2.24, 2.45) is 0 Å². The fourth-order valence-electron chi connectivity index (χ4n) is 0.908. The molecule has 0 saturated carbocycles. The second-order valence-corrected chi connectivity index (χ2v) is 3.47. The first-order valence-corrected chi connectivity index (χ1v) is 5.36. The van der Waals surface area contributed by atoms with Gasteiger partial charge in [-0.05, 0) is 17.4 Å². The van der Waals surface area contributed by atoms with E-state index in [4.69, 9.17) is 9.47 Å². The number of terminal acetylenes is 1. The number of benzene rings is 1. The van der Waals surface area contributed by atoms with Gasteiger partial charge in [-0.3, -0.25) is 0 Å². The van der Waals surface area contributed by atoms with Gasteiger partial charge in [0, 0.05) is 7.11 Å². The standard InChI is InChI=1S/C8H8.C4H8O2.C3H4.CH4/c1-7-5-3-4-6-8(7)2;1-5-2-4-3-6-4;1-3-2;/h3-6H,1-2H2;4H,2-3H2,1H3;1H,2H3;1H4. The highest BCUT2D eigenvalue weighted by Crippen LogP contribution is 2.06. The van der Waals surface area contributed by atoms with Gasteiger partial charge in [-0.25, -0.2) is 0 Å². The predicted octanol–water partition coefficient (Wildman–Crippen LogP) is 1.81. The normalized spacial score (nSPS) is 14.6. The molecule has 1 unspecified atom stereocenters. The van der Waals surface area contributed by atoms with E-state index in [-0.39, 0.29) is 7.43 Å². The Morgan fingerprint density at radius 2 is 1.78 bits per heavy atom. The summed E-state index contributed by atoms with van der Waals surface area (Å²) in [4.78, 5) is 0. The summed E-state index contributed by atoms with van der Waals surface area (Å²) in [5.74, 6) is 2.25. The maximum absolute atomic E-state index is 4.82. The van der Waals surface area contributed by atoms with Gasteiger partial charge >= 0.3 is 0 Å². The minimum atomic E-state index is 0. The van der Waals surface area contributed by atoms with Crippen molar-refractivity contribution >= 4 is 13.2 Å². The van der Waals surface area contributed by atoms with Gasteiger partial charge in [0.25, 0.3) is 0 Å². The molecule has 100 valence electrons. The number of hydrogen-bond donors (Lipinski definition) is 0. The average Bonchev–Trinajstić information content (AvgIpc) is 3.09. The van der Waals surface area contributed by atoms with Gasteiger partial charge < -0.3 is 9.47 Å². The zero-order valence-corrected chi connectivity index (χ0v) is 10.6. The van der Waals surface area contributed by atoms with Gasteiger partial charge in [-0.1, -0.05) is 44.8 Å². The Bertz CT molecular complexity index is 398. The van der Waals surface area contributed by atoms with Crippen LogP contribution in [0.1, 0.15) is 14.4 Å². The minimum absolute atomic E-state index is 0. The van der Waals surface area contributed by atoms with Crippen LogP contribution in [0.25, 0.3) is 13.2 Å². The van der Waals surface area contributed by atoms with E-state index in [0.717, 1.165) is 23.7 Å². The van der Waals surface area contributed by atoms with E-state index in [0.29, 0.717) is 6.10 Å². The van der Waals surface area contributed by atoms with Crippen LogP contribution in [0, 0.1) is 12.3 Å². The molecule has 0 amide bonds. The van der Waals surface area contributed by atoms with Crippen molar-refractivity contribution in [3.63, 3.8) is 0 Å². The van der Waals surface area contributed by atoms with Gasteiger partial charge in [-0.2, -0.15) is 0 Å². The fraction of sp³-hybridized carbons (Fsp3) is 0.375. The van der Waals surface area contributed by atoms with Crippen LogP contribution in [0.3, 0.4) is 0 Å². The summed E-state index contributed by atoms with van der Waals surface area (Å²) in [5.41, 5.74) is 0. The van der Waals surface area contributed by atoms with Crippen LogP contribution in [0.4, 0.5) is 0 Å². The number of hydrogen-bond acceptors (Lipinski definition) is 2. The van der Waals surface area contributed by atoms with Crippen LogP contribution < -0.4 is 10.4 Å². The molecule has 2 rings (SSSR count). The third-order valence-corrected chi connectivity index (χ3v) is 1.87. The zero-order valence-electron chi connectivity index (χ0n) is 10.6. The van der Waals surface area contributed by atoms with Crippen LogP contribution in [-0.2, 0) is 9.47 Å². The van der Waals surface area contributed by atoms with Gasteiger partial charge in [0.1, 0.15) is 6.10 Å². The smallest absolute Gasteiger partial charge is 0.104 e. The van der Waals surface area contributed by atoms with E-state index >= 15 is 0 Å². The third kappa shape index (κ3) is 10.9. The highest BCUT2D eigenvalue weighted by atomic mass is 16.6. The summed E-state index contributed by atoms with van der Waals surface area (Å²) >= 11 is 0. The molecule has 1 aromatic carbocycles. The Balaban J connectivity index is 0. The lowest BCUT2D eigenvalue weighted by Crippen LogP contribution is -2.19. The second-order valence-electron chi connectivity index (χ2n) is 3.47. The van der Waals surface area contributed by atoms with Crippen molar-refractivity contribution in [3.8, 4) is 12.3 Å². The Hall–Kier alpha value is -1.56. The molecule has 1 aliphatic heterocycles. The molecular formula is C16H24O2. The van der Waals surface area contributed by atoms with Gasteiger partial charge in [0.05, 0.1) is 13.2 Å². The largest absolute Gasteiger partial charge is 0.382 e. The van der Waals surface area contributed by atoms with Crippen molar-refractivity contribution in [3.05, 3.63) is 34.7 Å². The fourth-order valence-corrected chi connectivity index (χ4v) is 0.908. The molecule has 0 N–H and O–H groups in total. The number of epoxide rings is 1. The average molecular weight is 248 g/mol. The first kappa shape index (κ1) is 18.8. The SMILES string of the molecule is C.C#CC.C=c1ccccc1=C.COCC1CO1. The first-order chi connectivity index (χ1) is 8.15. The molecule has 2 nitrogen and oxygen atoms in total. The maximum atomic E-state index is 4.82. The summed E-state index contributed by atoms with van der Waals surface area (Å²) in [5, 5.41) is 2.01. The number of rotatable bonds is 2. The minimum Gasteiger partial charge on any atom is -0.382 e. The lowest BCUT2D eigenvalue weighted by Gasteiger charge is -1.84. The molecule has 0 spiro atoms. The lowest BCUT2D eigenvalue weighted by molar-refractivity contribution is 0.171. The molecule has 1 fully saturated rings. The molecule has 1 aliphatic rings. The highest BCUT2D eigenvalue weighted by Gasteiger charge is 2.21. The molecule has 1 aromatic rings. The van der Waals surface area contributed by atoms with Crippen LogP contribution >= 0.6 is 0 Å². The molecule has 0 aromatic heterocycles. The number of methoxy groups -OCH3 is 1. The van der Waals surface area contributed by atoms with Crippen molar-refractivity contribution < 1.29 is 9.47 Å². The highest BCUT2D eigenvalue weighted by molar-refractivity contribution is 5.15. The van der Waals surface area contributed by atoms with Gasteiger partial charge in [0.15, 0.2) is 0 Å². The summed E-state index contributed by atoms with van der Waals surface area (Å²) in [6.07, 6.45) is 5.02. The van der Waals surface area contributed by atoms with E-state index in [9.17, 15) is 0 Å². The second kappa shape index (κ2) is 11.9. The predicted molar refractivity (Wildman–Crippen MR) is 79.6 cm³/mol. The molecule has 0 bridgehead atoms. The van der Waals surface area contributed by atoms with E-state index in [2.05, 4.69) is 25.5 Å². The van der Waals surface area contributed by atoms with Crippen LogP contribution in [0.2, 0.25) is 0 Å². The van der Waals surface area contributed by atoms with E-state index < -0.39 is 0 Å². The molecule has 18 heavy (non-hydrogen) atoms. The third-order valence-electron chi connectivity index (χ3n) is 1.87. The topological polar surface area (TPSA) is 21.8 Å². The quantitative estimate of drug-likeness (QED) is 0.588. The van der Waals surface area contributed by atoms with Crippen LogP contribution in [0.15, 0.2) is 24.3 Å². The van der Waals surface area contributed by atoms with Crippen molar-refractivity contribution in [2.75, 3.05) is 20.3 Å². The summed E-state index contributed by atoms with van der Waals surface area (Å²) in [6, 6.07) is 7.80. The summed E-state index contributed by atoms with van der Waals surface area (Å²) < 4.78 is 9.56.